The van der Waals surface area contributed by atoms with Gasteiger partial charge in [-0.1, -0.05) is 25.1 Å². The van der Waals surface area contributed by atoms with E-state index in [0.717, 1.165) is 18.6 Å². The van der Waals surface area contributed by atoms with Gasteiger partial charge in [-0.05, 0) is 43.7 Å². The monoisotopic (exact) mass is 403 g/mol. The van der Waals surface area contributed by atoms with E-state index >= 15 is 0 Å². The molecule has 0 aliphatic rings. The largest absolute Gasteiger partial charge is 0.491 e. The second-order valence-electron chi connectivity index (χ2n) is 6.40. The van der Waals surface area contributed by atoms with Gasteiger partial charge in [0.05, 0.1) is 41.0 Å². The van der Waals surface area contributed by atoms with Crippen LogP contribution in [-0.2, 0) is 6.18 Å². The summed E-state index contributed by atoms with van der Waals surface area (Å²) in [6.07, 6.45) is -2.30. The van der Waals surface area contributed by atoms with Crippen LogP contribution in [-0.4, -0.2) is 22.3 Å². The maximum Gasteiger partial charge on any atom is 0.416 e. The summed E-state index contributed by atoms with van der Waals surface area (Å²) in [7, 11) is 0. The van der Waals surface area contributed by atoms with Crippen LogP contribution in [0.5, 0.6) is 5.75 Å². The molecule has 1 aromatic heterocycles. The van der Waals surface area contributed by atoms with Crippen molar-refractivity contribution < 1.29 is 22.7 Å². The molecule has 0 saturated carbocycles. The van der Waals surface area contributed by atoms with Crippen LogP contribution >= 0.6 is 0 Å². The second kappa shape index (κ2) is 8.38. The number of hydrogen-bond acceptors (Lipinski definition) is 3. The predicted octanol–water partition coefficient (Wildman–Crippen LogP) is 5.24. The Hall–Kier alpha value is -3.29. The molecule has 0 spiro atoms. The van der Waals surface area contributed by atoms with Gasteiger partial charge in [-0.25, -0.2) is 4.68 Å². The molecule has 152 valence electrons. The van der Waals surface area contributed by atoms with Gasteiger partial charge in [-0.2, -0.15) is 18.3 Å². The molecular formula is C21H20F3N3O2. The van der Waals surface area contributed by atoms with Crippen molar-refractivity contribution in [1.29, 1.82) is 0 Å². The standard InChI is InChI=1S/C21H20F3N3O2/c1-3-11-29-19-10-5-4-9-18(19)26-20(28)17-13-25-27(14(17)2)16-8-6-7-15(12-16)21(22,23)24/h4-10,12-13H,3,11H2,1-2H3,(H,26,28). The maximum atomic E-state index is 13.0. The Morgan fingerprint density at radius 2 is 1.93 bits per heavy atom. The van der Waals surface area contributed by atoms with E-state index in [1.807, 2.05) is 6.92 Å². The number of alkyl halides is 3. The number of rotatable bonds is 6. The Bertz CT molecular complexity index is 1010. The van der Waals surface area contributed by atoms with Gasteiger partial charge in [0, 0.05) is 0 Å². The molecule has 0 bridgehead atoms. The van der Waals surface area contributed by atoms with Crippen molar-refractivity contribution in [3.8, 4) is 11.4 Å². The van der Waals surface area contributed by atoms with E-state index in [9.17, 15) is 18.0 Å². The fourth-order valence-corrected chi connectivity index (χ4v) is 2.80. The number of ether oxygens (including phenoxy) is 1. The summed E-state index contributed by atoms with van der Waals surface area (Å²) in [4.78, 5) is 12.7. The lowest BCUT2D eigenvalue weighted by molar-refractivity contribution is -0.137. The fourth-order valence-electron chi connectivity index (χ4n) is 2.80. The van der Waals surface area contributed by atoms with Gasteiger partial charge in [0.1, 0.15) is 5.75 Å². The minimum absolute atomic E-state index is 0.225. The summed E-state index contributed by atoms with van der Waals surface area (Å²) in [6, 6.07) is 11.8. The number of para-hydroxylation sites is 2. The first-order chi connectivity index (χ1) is 13.8. The Kier molecular flexibility index (Phi) is 5.91. The number of carbonyl (C=O) groups is 1. The SMILES string of the molecule is CCCOc1ccccc1NC(=O)c1cnn(-c2cccc(C(F)(F)F)c2)c1C. The molecule has 29 heavy (non-hydrogen) atoms. The third kappa shape index (κ3) is 4.59. The summed E-state index contributed by atoms with van der Waals surface area (Å²) >= 11 is 0. The summed E-state index contributed by atoms with van der Waals surface area (Å²) in [5, 5.41) is 6.88. The van der Waals surface area contributed by atoms with E-state index < -0.39 is 17.6 Å². The normalized spacial score (nSPS) is 11.3. The Balaban J connectivity index is 1.86. The Morgan fingerprint density at radius 3 is 2.66 bits per heavy atom. The maximum absolute atomic E-state index is 13.0. The summed E-state index contributed by atoms with van der Waals surface area (Å²) in [5.74, 6) is 0.124. The van der Waals surface area contributed by atoms with Crippen molar-refractivity contribution in [3.05, 3.63) is 71.5 Å². The number of nitrogens with one attached hydrogen (secondary N) is 1. The van der Waals surface area contributed by atoms with E-state index in [-0.39, 0.29) is 11.3 Å². The first-order valence-corrected chi connectivity index (χ1v) is 9.06. The first-order valence-electron chi connectivity index (χ1n) is 9.06. The third-order valence-electron chi connectivity index (χ3n) is 4.27. The number of carbonyl (C=O) groups excluding carboxylic acids is 1. The Morgan fingerprint density at radius 1 is 1.17 bits per heavy atom. The number of nitrogens with zero attached hydrogens (tertiary/aromatic N) is 2. The molecule has 0 radical (unpaired) electrons. The molecule has 3 rings (SSSR count). The van der Waals surface area contributed by atoms with Crippen molar-refractivity contribution in [3.63, 3.8) is 0 Å². The third-order valence-corrected chi connectivity index (χ3v) is 4.27. The van der Waals surface area contributed by atoms with Crippen LogP contribution in [0, 0.1) is 6.92 Å². The van der Waals surface area contributed by atoms with Gasteiger partial charge in [-0.15, -0.1) is 0 Å². The lowest BCUT2D eigenvalue weighted by Gasteiger charge is -2.12. The molecule has 0 saturated heterocycles. The van der Waals surface area contributed by atoms with Gasteiger partial charge in [0.25, 0.3) is 5.91 Å². The van der Waals surface area contributed by atoms with Crippen LogP contribution in [0.3, 0.4) is 0 Å². The lowest BCUT2D eigenvalue weighted by atomic mass is 10.2. The molecule has 0 aliphatic heterocycles. The summed E-state index contributed by atoms with van der Waals surface area (Å²) in [6.45, 7) is 4.12. The molecule has 1 N–H and O–H groups in total. The molecule has 0 fully saturated rings. The van der Waals surface area contributed by atoms with Crippen molar-refractivity contribution >= 4 is 11.6 Å². The number of halogens is 3. The second-order valence-corrected chi connectivity index (χ2v) is 6.40. The van der Waals surface area contributed by atoms with Gasteiger partial charge in [-0.3, -0.25) is 4.79 Å². The van der Waals surface area contributed by atoms with E-state index in [1.165, 1.54) is 23.0 Å². The molecule has 1 heterocycles. The summed E-state index contributed by atoms with van der Waals surface area (Å²) in [5.41, 5.74) is 0.639. The van der Waals surface area contributed by atoms with Crippen molar-refractivity contribution in [2.45, 2.75) is 26.4 Å². The van der Waals surface area contributed by atoms with Gasteiger partial charge in [0.2, 0.25) is 0 Å². The van der Waals surface area contributed by atoms with Crippen molar-refractivity contribution in [2.24, 2.45) is 0 Å². The molecule has 5 nitrogen and oxygen atoms in total. The zero-order valence-electron chi connectivity index (χ0n) is 16.0. The number of amides is 1. The molecule has 8 heteroatoms. The summed E-state index contributed by atoms with van der Waals surface area (Å²) < 4.78 is 45.9. The molecule has 0 unspecified atom stereocenters. The van der Waals surface area contributed by atoms with Gasteiger partial charge in [0.15, 0.2) is 0 Å². The Labute approximate surface area is 166 Å². The highest BCUT2D eigenvalue weighted by atomic mass is 19.4. The van der Waals surface area contributed by atoms with Crippen LogP contribution in [0.25, 0.3) is 5.69 Å². The highest BCUT2D eigenvalue weighted by Crippen LogP contribution is 2.31. The number of benzene rings is 2. The zero-order chi connectivity index (χ0) is 21.0. The molecule has 1 amide bonds. The van der Waals surface area contributed by atoms with Gasteiger partial charge >= 0.3 is 6.18 Å². The fraction of sp³-hybridized carbons (Fsp3) is 0.238. The quantitative estimate of drug-likeness (QED) is 0.612. The average molecular weight is 403 g/mol. The average Bonchev–Trinajstić information content (AvgIpc) is 3.08. The predicted molar refractivity (Wildman–Crippen MR) is 103 cm³/mol. The van der Waals surface area contributed by atoms with E-state index in [1.54, 1.807) is 31.2 Å². The molecule has 3 aromatic rings. The van der Waals surface area contributed by atoms with Crippen molar-refractivity contribution in [2.75, 3.05) is 11.9 Å². The number of hydrogen-bond donors (Lipinski definition) is 1. The topological polar surface area (TPSA) is 56.1 Å². The van der Waals surface area contributed by atoms with Crippen molar-refractivity contribution in [1.82, 2.24) is 9.78 Å². The van der Waals surface area contributed by atoms with Crippen LogP contribution in [0.15, 0.2) is 54.7 Å². The minimum atomic E-state index is -4.46. The van der Waals surface area contributed by atoms with Crippen LogP contribution < -0.4 is 10.1 Å². The molecule has 0 atom stereocenters. The molecule has 0 aliphatic carbocycles. The van der Waals surface area contributed by atoms with E-state index in [4.69, 9.17) is 4.74 Å². The van der Waals surface area contributed by atoms with E-state index in [0.29, 0.717) is 23.7 Å². The van der Waals surface area contributed by atoms with E-state index in [2.05, 4.69) is 10.4 Å². The zero-order valence-corrected chi connectivity index (χ0v) is 16.0. The smallest absolute Gasteiger partial charge is 0.416 e. The van der Waals surface area contributed by atoms with Crippen LogP contribution in [0.2, 0.25) is 0 Å². The van der Waals surface area contributed by atoms with Crippen LogP contribution in [0.1, 0.15) is 35.0 Å². The highest BCUT2D eigenvalue weighted by Gasteiger charge is 2.30. The number of aromatic nitrogens is 2. The number of anilines is 1. The first kappa shape index (κ1) is 20.4. The highest BCUT2D eigenvalue weighted by molar-refractivity contribution is 6.05. The van der Waals surface area contributed by atoms with Crippen LogP contribution in [0.4, 0.5) is 18.9 Å². The van der Waals surface area contributed by atoms with Gasteiger partial charge < -0.3 is 10.1 Å². The molecule has 2 aromatic carbocycles. The lowest BCUT2D eigenvalue weighted by Crippen LogP contribution is -2.14. The molecular weight excluding hydrogens is 383 g/mol. The minimum Gasteiger partial charge on any atom is -0.491 e.